The van der Waals surface area contributed by atoms with E-state index in [9.17, 15) is 0 Å². The highest BCUT2D eigenvalue weighted by Gasteiger charge is 2.06. The Kier molecular flexibility index (Phi) is 8.20. The molecule has 2 atom stereocenters. The molecule has 0 saturated heterocycles. The Hall–Kier alpha value is 0.350. The fraction of sp³-hybridized carbons (Fsp3) is 1.00. The van der Waals surface area contributed by atoms with Crippen molar-refractivity contribution in [2.45, 2.75) is 58.1 Å². The van der Waals surface area contributed by atoms with Gasteiger partial charge in [-0.1, -0.05) is 46.5 Å². The number of unbranched alkanes of at least 4 members (excludes halogenated alkanes) is 2. The van der Waals surface area contributed by atoms with Crippen LogP contribution < -0.4 is 0 Å². The van der Waals surface area contributed by atoms with E-state index in [-0.39, 0.29) is 0 Å². The van der Waals surface area contributed by atoms with Crippen LogP contribution in [0.5, 0.6) is 0 Å². The largest absolute Gasteiger partial charge is 0.162 e. The van der Waals surface area contributed by atoms with Crippen LogP contribution in [0.4, 0.5) is 0 Å². The summed E-state index contributed by atoms with van der Waals surface area (Å²) in [6, 6.07) is 0. The van der Waals surface area contributed by atoms with Gasteiger partial charge in [-0.25, -0.2) is 0 Å². The summed E-state index contributed by atoms with van der Waals surface area (Å²) in [5, 5.41) is 0.849. The molecule has 0 spiro atoms. The van der Waals surface area contributed by atoms with Crippen LogP contribution in [0.15, 0.2) is 0 Å². The fourth-order valence-corrected chi connectivity index (χ4v) is 2.04. The van der Waals surface area contributed by atoms with Gasteiger partial charge in [-0.15, -0.1) is 0 Å². The van der Waals surface area contributed by atoms with E-state index in [1.54, 1.807) is 0 Å². The highest BCUT2D eigenvalue weighted by molar-refractivity contribution is 7.99. The van der Waals surface area contributed by atoms with E-state index < -0.39 is 0 Å². The molecule has 0 aliphatic heterocycles. The molecule has 0 aromatic carbocycles. The second-order valence-corrected chi connectivity index (χ2v) is 5.16. The van der Waals surface area contributed by atoms with E-state index >= 15 is 0 Å². The lowest BCUT2D eigenvalue weighted by Crippen LogP contribution is -2.04. The maximum absolute atomic E-state index is 2.39. The lowest BCUT2D eigenvalue weighted by molar-refractivity contribution is 0.464. The highest BCUT2D eigenvalue weighted by atomic mass is 32.2. The topological polar surface area (TPSA) is 0 Å². The number of thioether (sulfide) groups is 1. The monoisotopic (exact) mass is 188 g/mol. The third-order valence-corrected chi connectivity index (χ3v) is 3.43. The van der Waals surface area contributed by atoms with Gasteiger partial charge in [0, 0.05) is 5.25 Å². The molecule has 0 aliphatic rings. The van der Waals surface area contributed by atoms with Crippen molar-refractivity contribution < 1.29 is 0 Å². The normalized spacial score (nSPS) is 16.0. The Bertz CT molecular complexity index is 91.0. The van der Waals surface area contributed by atoms with E-state index in [4.69, 9.17) is 0 Å². The number of hydrogen-bond donors (Lipinski definition) is 0. The molecule has 0 aromatic heterocycles. The molecule has 0 bridgehead atoms. The smallest absolute Gasteiger partial charge is 0.00184 e. The van der Waals surface area contributed by atoms with Gasteiger partial charge in [0.05, 0.1) is 0 Å². The maximum atomic E-state index is 2.39. The van der Waals surface area contributed by atoms with Crippen LogP contribution in [-0.4, -0.2) is 11.5 Å². The predicted molar refractivity (Wildman–Crippen MR) is 60.9 cm³/mol. The molecule has 0 aromatic rings. The standard InChI is InChI=1S/C11H24S/c1-5-6-7-8-10(2)9-11(3)12-4/h10-11H,5-9H2,1-4H3. The molecule has 0 radical (unpaired) electrons. The Balaban J connectivity index is 3.26. The highest BCUT2D eigenvalue weighted by Crippen LogP contribution is 2.20. The molecule has 0 fully saturated rings. The Labute approximate surface area is 82.5 Å². The lowest BCUT2D eigenvalue weighted by atomic mass is 9.99. The first-order chi connectivity index (χ1) is 5.70. The zero-order valence-electron chi connectivity index (χ0n) is 9.10. The minimum absolute atomic E-state index is 0.849. The molecule has 0 saturated carbocycles. The summed E-state index contributed by atoms with van der Waals surface area (Å²) in [6.45, 7) is 7.00. The van der Waals surface area contributed by atoms with Crippen molar-refractivity contribution >= 4 is 11.8 Å². The second-order valence-electron chi connectivity index (χ2n) is 3.88. The summed E-state index contributed by atoms with van der Waals surface area (Å²) in [7, 11) is 0. The predicted octanol–water partition coefficient (Wildman–Crippen LogP) is 4.34. The first-order valence-electron chi connectivity index (χ1n) is 5.23. The third-order valence-electron chi connectivity index (χ3n) is 2.44. The van der Waals surface area contributed by atoms with Gasteiger partial charge in [0.1, 0.15) is 0 Å². The summed E-state index contributed by atoms with van der Waals surface area (Å²) in [5.74, 6) is 0.930. The first kappa shape index (κ1) is 12.3. The molecule has 1 heteroatoms. The summed E-state index contributed by atoms with van der Waals surface area (Å²) in [6.07, 6.45) is 9.23. The second kappa shape index (κ2) is 7.97. The molecule has 0 aliphatic carbocycles. The van der Waals surface area contributed by atoms with Crippen LogP contribution in [0.2, 0.25) is 0 Å². The van der Waals surface area contributed by atoms with E-state index in [0.717, 1.165) is 11.2 Å². The lowest BCUT2D eigenvalue weighted by Gasteiger charge is -2.14. The van der Waals surface area contributed by atoms with E-state index in [1.165, 1.54) is 32.1 Å². The molecule has 0 nitrogen and oxygen atoms in total. The van der Waals surface area contributed by atoms with Crippen molar-refractivity contribution in [1.29, 1.82) is 0 Å². The molecular formula is C11H24S. The van der Waals surface area contributed by atoms with E-state index in [2.05, 4.69) is 27.0 Å². The van der Waals surface area contributed by atoms with Gasteiger partial charge in [0.2, 0.25) is 0 Å². The molecule has 2 unspecified atom stereocenters. The molecule has 0 rings (SSSR count). The van der Waals surface area contributed by atoms with Crippen molar-refractivity contribution in [3.8, 4) is 0 Å². The summed E-state index contributed by atoms with van der Waals surface area (Å²) in [5.41, 5.74) is 0. The van der Waals surface area contributed by atoms with Gasteiger partial charge < -0.3 is 0 Å². The molecule has 12 heavy (non-hydrogen) atoms. The zero-order valence-corrected chi connectivity index (χ0v) is 9.91. The van der Waals surface area contributed by atoms with Gasteiger partial charge in [-0.05, 0) is 18.6 Å². The van der Waals surface area contributed by atoms with Gasteiger partial charge in [0.15, 0.2) is 0 Å². The van der Waals surface area contributed by atoms with Gasteiger partial charge >= 0.3 is 0 Å². The Morgan fingerprint density at radius 3 is 2.33 bits per heavy atom. The minimum atomic E-state index is 0.849. The van der Waals surface area contributed by atoms with Crippen LogP contribution >= 0.6 is 11.8 Å². The van der Waals surface area contributed by atoms with Crippen molar-refractivity contribution in [2.75, 3.05) is 6.26 Å². The average Bonchev–Trinajstić information content (AvgIpc) is 2.05. The summed E-state index contributed by atoms with van der Waals surface area (Å²) in [4.78, 5) is 0. The van der Waals surface area contributed by atoms with Gasteiger partial charge in [-0.3, -0.25) is 0 Å². The van der Waals surface area contributed by atoms with Crippen molar-refractivity contribution in [1.82, 2.24) is 0 Å². The van der Waals surface area contributed by atoms with Crippen molar-refractivity contribution in [3.05, 3.63) is 0 Å². The van der Waals surface area contributed by atoms with Crippen LogP contribution in [-0.2, 0) is 0 Å². The number of hydrogen-bond acceptors (Lipinski definition) is 1. The Morgan fingerprint density at radius 1 is 1.17 bits per heavy atom. The molecule has 0 N–H and O–H groups in total. The van der Waals surface area contributed by atoms with Crippen molar-refractivity contribution in [2.24, 2.45) is 5.92 Å². The van der Waals surface area contributed by atoms with Crippen LogP contribution in [0.1, 0.15) is 52.9 Å². The Morgan fingerprint density at radius 2 is 1.83 bits per heavy atom. The SMILES string of the molecule is CCCCCC(C)CC(C)SC. The molecule has 0 heterocycles. The van der Waals surface area contributed by atoms with E-state index in [1.807, 2.05) is 11.8 Å². The average molecular weight is 188 g/mol. The van der Waals surface area contributed by atoms with Crippen LogP contribution in [0.25, 0.3) is 0 Å². The molecular weight excluding hydrogens is 164 g/mol. The molecule has 74 valence electrons. The van der Waals surface area contributed by atoms with Crippen LogP contribution in [0, 0.1) is 5.92 Å². The van der Waals surface area contributed by atoms with E-state index in [0.29, 0.717) is 0 Å². The first-order valence-corrected chi connectivity index (χ1v) is 6.52. The minimum Gasteiger partial charge on any atom is -0.162 e. The van der Waals surface area contributed by atoms with Crippen LogP contribution in [0.3, 0.4) is 0 Å². The van der Waals surface area contributed by atoms with Gasteiger partial charge in [-0.2, -0.15) is 11.8 Å². The third kappa shape index (κ3) is 7.02. The van der Waals surface area contributed by atoms with Gasteiger partial charge in [0.25, 0.3) is 0 Å². The quantitative estimate of drug-likeness (QED) is 0.535. The summed E-state index contributed by atoms with van der Waals surface area (Å²) >= 11 is 1.99. The molecule has 0 amide bonds. The number of rotatable bonds is 7. The van der Waals surface area contributed by atoms with Crippen molar-refractivity contribution in [3.63, 3.8) is 0 Å². The maximum Gasteiger partial charge on any atom is 0.00184 e. The fourth-order valence-electron chi connectivity index (χ4n) is 1.52. The zero-order chi connectivity index (χ0) is 9.40. The summed E-state index contributed by atoms with van der Waals surface area (Å²) < 4.78 is 0.